The molecule has 0 aromatic rings. The van der Waals surface area contributed by atoms with Gasteiger partial charge in [0.05, 0.1) is 12.7 Å². The maximum absolute atomic E-state index is 11.0. The third-order valence-electron chi connectivity index (χ3n) is 3.67. The Morgan fingerprint density at radius 1 is 1.24 bits per heavy atom. The van der Waals surface area contributed by atoms with E-state index in [1.165, 1.54) is 32.4 Å². The Bertz CT molecular complexity index is 254. The minimum Gasteiger partial charge on any atom is -0.375 e. The van der Waals surface area contributed by atoms with Gasteiger partial charge in [0.2, 0.25) is 0 Å². The summed E-state index contributed by atoms with van der Waals surface area (Å²) in [6.07, 6.45) is 5.11. The predicted octanol–water partition coefficient (Wildman–Crippen LogP) is 0.642. The summed E-state index contributed by atoms with van der Waals surface area (Å²) in [4.78, 5) is 15.1. The highest BCUT2D eigenvalue weighted by molar-refractivity contribution is 5.72. The second-order valence-corrected chi connectivity index (χ2v) is 4.97. The Morgan fingerprint density at radius 2 is 2.00 bits per heavy atom. The number of primary amides is 1. The molecule has 2 saturated heterocycles. The summed E-state index contributed by atoms with van der Waals surface area (Å²) >= 11 is 0. The predicted molar refractivity (Wildman–Crippen MR) is 65.8 cm³/mol. The van der Waals surface area contributed by atoms with Crippen molar-refractivity contribution in [1.82, 2.24) is 9.80 Å². The van der Waals surface area contributed by atoms with Crippen LogP contribution in [0.5, 0.6) is 0 Å². The van der Waals surface area contributed by atoms with Crippen molar-refractivity contribution >= 4 is 6.03 Å². The molecule has 0 radical (unpaired) electrons. The van der Waals surface area contributed by atoms with Gasteiger partial charge in [0.1, 0.15) is 0 Å². The molecule has 0 aliphatic carbocycles. The summed E-state index contributed by atoms with van der Waals surface area (Å²) in [6.45, 7) is 5.62. The van der Waals surface area contributed by atoms with Crippen LogP contribution in [0.1, 0.15) is 25.7 Å². The molecular formula is C12H23N3O2. The number of piperidine rings is 1. The van der Waals surface area contributed by atoms with Gasteiger partial charge in [-0.2, -0.15) is 0 Å². The number of hydrogen-bond acceptors (Lipinski definition) is 3. The third kappa shape index (κ3) is 3.85. The van der Waals surface area contributed by atoms with Gasteiger partial charge in [0.15, 0.2) is 0 Å². The zero-order valence-corrected chi connectivity index (χ0v) is 10.4. The van der Waals surface area contributed by atoms with E-state index < -0.39 is 0 Å². The zero-order valence-electron chi connectivity index (χ0n) is 10.4. The van der Waals surface area contributed by atoms with Gasteiger partial charge in [-0.15, -0.1) is 0 Å². The molecule has 2 amide bonds. The van der Waals surface area contributed by atoms with Crippen LogP contribution in [0.2, 0.25) is 0 Å². The van der Waals surface area contributed by atoms with Crippen LogP contribution >= 0.6 is 0 Å². The van der Waals surface area contributed by atoms with E-state index in [1.807, 2.05) is 0 Å². The molecular weight excluding hydrogens is 218 g/mol. The van der Waals surface area contributed by atoms with Gasteiger partial charge in [0.25, 0.3) is 0 Å². The molecule has 2 N–H and O–H groups in total. The average Bonchev–Trinajstić information content (AvgIpc) is 2.79. The molecule has 0 spiro atoms. The Hall–Kier alpha value is -0.810. The topological polar surface area (TPSA) is 58.8 Å². The minimum absolute atomic E-state index is 0.187. The molecule has 2 aliphatic heterocycles. The fraction of sp³-hybridized carbons (Fsp3) is 0.917. The van der Waals surface area contributed by atoms with Gasteiger partial charge in [-0.1, -0.05) is 6.42 Å². The van der Waals surface area contributed by atoms with Crippen molar-refractivity contribution in [3.05, 3.63) is 0 Å². The average molecular weight is 241 g/mol. The van der Waals surface area contributed by atoms with Crippen LogP contribution in [-0.4, -0.2) is 61.3 Å². The van der Waals surface area contributed by atoms with Crippen LogP contribution in [0.3, 0.4) is 0 Å². The minimum atomic E-state index is -0.327. The third-order valence-corrected chi connectivity index (χ3v) is 3.67. The maximum Gasteiger partial charge on any atom is 0.314 e. The highest BCUT2D eigenvalue weighted by Gasteiger charge is 2.25. The Kier molecular flexibility index (Phi) is 4.62. The van der Waals surface area contributed by atoms with Gasteiger partial charge in [-0.3, -0.25) is 0 Å². The number of ether oxygens (including phenoxy) is 1. The van der Waals surface area contributed by atoms with E-state index in [4.69, 9.17) is 10.5 Å². The van der Waals surface area contributed by atoms with Crippen LogP contribution < -0.4 is 5.73 Å². The molecule has 5 nitrogen and oxygen atoms in total. The number of rotatable bonds is 4. The molecule has 17 heavy (non-hydrogen) atoms. The van der Waals surface area contributed by atoms with Gasteiger partial charge in [-0.25, -0.2) is 4.79 Å². The van der Waals surface area contributed by atoms with E-state index in [2.05, 4.69) is 4.90 Å². The first kappa shape index (κ1) is 12.6. The monoisotopic (exact) mass is 241 g/mol. The van der Waals surface area contributed by atoms with E-state index in [9.17, 15) is 4.79 Å². The Labute approximate surface area is 103 Å². The molecule has 1 atom stereocenters. The van der Waals surface area contributed by atoms with E-state index >= 15 is 0 Å². The highest BCUT2D eigenvalue weighted by atomic mass is 16.5. The van der Waals surface area contributed by atoms with Crippen molar-refractivity contribution in [1.29, 1.82) is 0 Å². The summed E-state index contributed by atoms with van der Waals surface area (Å²) in [5.74, 6) is 0. The first-order valence-electron chi connectivity index (χ1n) is 6.64. The molecule has 2 heterocycles. The maximum atomic E-state index is 11.0. The summed E-state index contributed by atoms with van der Waals surface area (Å²) in [5, 5.41) is 0. The molecule has 98 valence electrons. The van der Waals surface area contributed by atoms with Crippen LogP contribution in [-0.2, 0) is 4.74 Å². The van der Waals surface area contributed by atoms with Crippen molar-refractivity contribution in [2.75, 3.05) is 39.3 Å². The summed E-state index contributed by atoms with van der Waals surface area (Å²) in [5.41, 5.74) is 5.23. The molecule has 2 rings (SSSR count). The van der Waals surface area contributed by atoms with E-state index in [0.717, 1.165) is 26.1 Å². The van der Waals surface area contributed by atoms with Gasteiger partial charge in [-0.05, 0) is 32.4 Å². The van der Waals surface area contributed by atoms with Crippen molar-refractivity contribution in [2.45, 2.75) is 31.8 Å². The Morgan fingerprint density at radius 3 is 2.65 bits per heavy atom. The molecule has 2 fully saturated rings. The van der Waals surface area contributed by atoms with Crippen molar-refractivity contribution in [3.8, 4) is 0 Å². The summed E-state index contributed by atoms with van der Waals surface area (Å²) in [7, 11) is 0. The van der Waals surface area contributed by atoms with E-state index in [1.54, 1.807) is 4.90 Å². The fourth-order valence-electron chi connectivity index (χ4n) is 2.60. The van der Waals surface area contributed by atoms with Crippen molar-refractivity contribution < 1.29 is 9.53 Å². The molecule has 0 bridgehead atoms. The lowest BCUT2D eigenvalue weighted by Crippen LogP contribution is -2.36. The van der Waals surface area contributed by atoms with Crippen LogP contribution in [0.15, 0.2) is 0 Å². The Balaban J connectivity index is 1.58. The molecule has 0 aromatic heterocycles. The number of carbonyl (C=O) groups is 1. The number of amides is 2. The number of nitrogens with two attached hydrogens (primary N) is 1. The SMILES string of the molecule is NC(=O)N1CCC(OCCN2CCCCC2)C1. The first-order valence-corrected chi connectivity index (χ1v) is 6.64. The van der Waals surface area contributed by atoms with Gasteiger partial charge < -0.3 is 20.3 Å². The van der Waals surface area contributed by atoms with Crippen molar-refractivity contribution in [3.63, 3.8) is 0 Å². The lowest BCUT2D eigenvalue weighted by molar-refractivity contribution is 0.0415. The first-order chi connectivity index (χ1) is 8.25. The number of urea groups is 1. The van der Waals surface area contributed by atoms with Crippen LogP contribution in [0.4, 0.5) is 4.79 Å². The van der Waals surface area contributed by atoms with Gasteiger partial charge >= 0.3 is 6.03 Å². The van der Waals surface area contributed by atoms with Gasteiger partial charge in [0, 0.05) is 19.6 Å². The number of likely N-dealkylation sites (tertiary alicyclic amines) is 2. The fourth-order valence-corrected chi connectivity index (χ4v) is 2.60. The molecule has 2 aliphatic rings. The van der Waals surface area contributed by atoms with E-state index in [0.29, 0.717) is 6.54 Å². The largest absolute Gasteiger partial charge is 0.375 e. The number of carbonyl (C=O) groups excluding carboxylic acids is 1. The van der Waals surface area contributed by atoms with Crippen LogP contribution in [0, 0.1) is 0 Å². The molecule has 5 heteroatoms. The standard InChI is InChI=1S/C12H23N3O2/c13-12(16)15-7-4-11(10-15)17-9-8-14-5-2-1-3-6-14/h11H,1-10H2,(H2,13,16). The lowest BCUT2D eigenvalue weighted by Gasteiger charge is -2.26. The molecule has 1 unspecified atom stereocenters. The second kappa shape index (κ2) is 6.21. The van der Waals surface area contributed by atoms with E-state index in [-0.39, 0.29) is 12.1 Å². The van der Waals surface area contributed by atoms with Crippen molar-refractivity contribution in [2.24, 2.45) is 5.73 Å². The smallest absolute Gasteiger partial charge is 0.314 e. The summed E-state index contributed by atoms with van der Waals surface area (Å²) < 4.78 is 5.79. The second-order valence-electron chi connectivity index (χ2n) is 4.97. The highest BCUT2D eigenvalue weighted by Crippen LogP contribution is 2.13. The quantitative estimate of drug-likeness (QED) is 0.786. The lowest BCUT2D eigenvalue weighted by atomic mass is 10.1. The normalized spacial score (nSPS) is 26.4. The number of nitrogens with zero attached hydrogens (tertiary/aromatic N) is 2. The molecule has 0 saturated carbocycles. The molecule has 0 aromatic carbocycles. The summed E-state index contributed by atoms with van der Waals surface area (Å²) in [6, 6.07) is -0.327. The zero-order chi connectivity index (χ0) is 12.1. The number of hydrogen-bond donors (Lipinski definition) is 1. The van der Waals surface area contributed by atoms with Crippen LogP contribution in [0.25, 0.3) is 0 Å².